The fourth-order valence-corrected chi connectivity index (χ4v) is 2.95. The van der Waals surface area contributed by atoms with Crippen molar-refractivity contribution in [3.8, 4) is 0 Å². The Kier molecular flexibility index (Phi) is 4.81. The number of rotatable bonds is 4. The highest BCUT2D eigenvalue weighted by atomic mass is 19.1. The van der Waals surface area contributed by atoms with Gasteiger partial charge in [-0.25, -0.2) is 4.39 Å². The Morgan fingerprint density at radius 2 is 1.95 bits per heavy atom. The van der Waals surface area contributed by atoms with E-state index >= 15 is 0 Å². The largest absolute Gasteiger partial charge is 0.371 e. The lowest BCUT2D eigenvalue weighted by Crippen LogP contribution is -2.35. The van der Waals surface area contributed by atoms with Crippen LogP contribution in [0.5, 0.6) is 0 Å². The quantitative estimate of drug-likeness (QED) is 0.905. The Morgan fingerprint density at radius 3 is 2.53 bits per heavy atom. The minimum Gasteiger partial charge on any atom is -0.371 e. The summed E-state index contributed by atoms with van der Waals surface area (Å²) < 4.78 is 13.6. The molecule has 106 valence electrons. The molecule has 2 nitrogen and oxygen atoms in total. The zero-order chi connectivity index (χ0) is 13.8. The van der Waals surface area contributed by atoms with E-state index in [2.05, 4.69) is 24.8 Å². The van der Waals surface area contributed by atoms with Gasteiger partial charge in [0.1, 0.15) is 5.82 Å². The van der Waals surface area contributed by atoms with Crippen molar-refractivity contribution < 1.29 is 4.39 Å². The number of benzene rings is 1. The second-order valence-corrected chi connectivity index (χ2v) is 5.92. The third kappa shape index (κ3) is 3.69. The van der Waals surface area contributed by atoms with E-state index in [1.807, 2.05) is 0 Å². The molecule has 1 aliphatic rings. The lowest BCUT2D eigenvalue weighted by atomic mass is 9.86. The Hall–Kier alpha value is -1.09. The van der Waals surface area contributed by atoms with E-state index < -0.39 is 0 Å². The van der Waals surface area contributed by atoms with Crippen LogP contribution in [0.1, 0.15) is 32.3 Å². The lowest BCUT2D eigenvalue weighted by Gasteiger charge is -2.35. The van der Waals surface area contributed by atoms with Gasteiger partial charge in [0, 0.05) is 18.8 Å². The molecule has 0 bridgehead atoms. The molecular weight excluding hydrogens is 239 g/mol. The molecule has 2 N–H and O–H groups in total. The molecule has 2 rings (SSSR count). The summed E-state index contributed by atoms with van der Waals surface area (Å²) in [6, 6.07) is 5.33. The van der Waals surface area contributed by atoms with Crippen LogP contribution in [0.4, 0.5) is 10.1 Å². The van der Waals surface area contributed by atoms with Crippen molar-refractivity contribution in [1.82, 2.24) is 0 Å². The molecule has 1 aromatic rings. The van der Waals surface area contributed by atoms with Crippen LogP contribution in [0.3, 0.4) is 0 Å². The number of nitrogens with zero attached hydrogens (tertiary/aromatic N) is 1. The maximum atomic E-state index is 13.6. The number of nitrogens with two attached hydrogens (primary N) is 1. The second-order valence-electron chi connectivity index (χ2n) is 5.92. The maximum Gasteiger partial charge on any atom is 0.125 e. The summed E-state index contributed by atoms with van der Waals surface area (Å²) in [7, 11) is 0. The molecule has 0 aliphatic carbocycles. The van der Waals surface area contributed by atoms with E-state index in [-0.39, 0.29) is 5.82 Å². The highest BCUT2D eigenvalue weighted by Crippen LogP contribution is 2.28. The highest BCUT2D eigenvalue weighted by Gasteiger charge is 2.22. The summed E-state index contributed by atoms with van der Waals surface area (Å²) >= 11 is 0. The van der Waals surface area contributed by atoms with Crippen LogP contribution in [0.25, 0.3) is 0 Å². The van der Waals surface area contributed by atoms with Crippen molar-refractivity contribution >= 4 is 5.69 Å². The molecule has 1 heterocycles. The molecule has 0 radical (unpaired) electrons. The van der Waals surface area contributed by atoms with E-state index in [0.29, 0.717) is 6.54 Å². The third-order valence-electron chi connectivity index (χ3n) is 4.22. The molecule has 0 aromatic heterocycles. The summed E-state index contributed by atoms with van der Waals surface area (Å²) in [5.41, 5.74) is 7.58. The van der Waals surface area contributed by atoms with Crippen LogP contribution in [-0.2, 0) is 6.42 Å². The highest BCUT2D eigenvalue weighted by molar-refractivity contribution is 5.49. The van der Waals surface area contributed by atoms with Gasteiger partial charge in [0.25, 0.3) is 0 Å². The first kappa shape index (κ1) is 14.3. The minimum absolute atomic E-state index is 0.146. The first-order valence-corrected chi connectivity index (χ1v) is 7.34. The van der Waals surface area contributed by atoms with Gasteiger partial charge in [0.05, 0.1) is 0 Å². The van der Waals surface area contributed by atoms with E-state index in [4.69, 9.17) is 5.73 Å². The number of anilines is 1. The first-order valence-electron chi connectivity index (χ1n) is 7.34. The Labute approximate surface area is 115 Å². The first-order chi connectivity index (χ1) is 9.10. The minimum atomic E-state index is -0.146. The molecule has 0 saturated carbocycles. The molecule has 0 spiro atoms. The molecule has 0 atom stereocenters. The van der Waals surface area contributed by atoms with Crippen molar-refractivity contribution in [2.24, 2.45) is 17.6 Å². The second kappa shape index (κ2) is 6.38. The van der Waals surface area contributed by atoms with E-state index in [1.165, 1.54) is 12.8 Å². The average molecular weight is 264 g/mol. The molecule has 0 amide bonds. The molecule has 1 aromatic carbocycles. The summed E-state index contributed by atoms with van der Waals surface area (Å²) in [5.74, 6) is 1.42. The smallest absolute Gasteiger partial charge is 0.125 e. The Bertz CT molecular complexity index is 409. The summed E-state index contributed by atoms with van der Waals surface area (Å²) in [6.45, 7) is 7.23. The topological polar surface area (TPSA) is 29.3 Å². The number of hydrogen-bond donors (Lipinski definition) is 1. The Morgan fingerprint density at radius 1 is 1.26 bits per heavy atom. The van der Waals surface area contributed by atoms with E-state index in [0.717, 1.165) is 42.6 Å². The van der Waals surface area contributed by atoms with Crippen molar-refractivity contribution in [2.45, 2.75) is 33.1 Å². The van der Waals surface area contributed by atoms with Gasteiger partial charge in [-0.3, -0.25) is 0 Å². The van der Waals surface area contributed by atoms with Gasteiger partial charge in [-0.2, -0.15) is 0 Å². The van der Waals surface area contributed by atoms with Crippen LogP contribution in [0, 0.1) is 17.7 Å². The van der Waals surface area contributed by atoms with E-state index in [1.54, 1.807) is 12.1 Å². The third-order valence-corrected chi connectivity index (χ3v) is 4.22. The standard InChI is InChI=1S/C16H25FN2/c1-12(2)14-4-7-19(8-5-14)16-10-13(3-6-18)9-15(17)11-16/h9-12,14H,3-8,18H2,1-2H3. The van der Waals surface area contributed by atoms with Crippen LogP contribution in [-0.4, -0.2) is 19.6 Å². The summed E-state index contributed by atoms with van der Waals surface area (Å²) in [6.07, 6.45) is 3.16. The zero-order valence-corrected chi connectivity index (χ0v) is 12.0. The van der Waals surface area contributed by atoms with Crippen LogP contribution in [0.2, 0.25) is 0 Å². The lowest BCUT2D eigenvalue weighted by molar-refractivity contribution is 0.311. The van der Waals surface area contributed by atoms with Gasteiger partial charge < -0.3 is 10.6 Å². The van der Waals surface area contributed by atoms with Crippen LogP contribution >= 0.6 is 0 Å². The Balaban J connectivity index is 2.06. The van der Waals surface area contributed by atoms with Crippen molar-refractivity contribution in [2.75, 3.05) is 24.5 Å². The van der Waals surface area contributed by atoms with Gasteiger partial charge in [-0.15, -0.1) is 0 Å². The number of hydrogen-bond acceptors (Lipinski definition) is 2. The van der Waals surface area contributed by atoms with Gasteiger partial charge >= 0.3 is 0 Å². The van der Waals surface area contributed by atoms with Crippen molar-refractivity contribution in [3.63, 3.8) is 0 Å². The molecule has 1 saturated heterocycles. The fourth-order valence-electron chi connectivity index (χ4n) is 2.95. The molecule has 1 fully saturated rings. The molecular formula is C16H25FN2. The van der Waals surface area contributed by atoms with Crippen molar-refractivity contribution in [1.29, 1.82) is 0 Å². The monoisotopic (exact) mass is 264 g/mol. The van der Waals surface area contributed by atoms with Gasteiger partial charge in [0.2, 0.25) is 0 Å². The average Bonchev–Trinajstić information content (AvgIpc) is 2.38. The summed E-state index contributed by atoms with van der Waals surface area (Å²) in [4.78, 5) is 2.31. The fraction of sp³-hybridized carbons (Fsp3) is 0.625. The van der Waals surface area contributed by atoms with Crippen molar-refractivity contribution in [3.05, 3.63) is 29.6 Å². The van der Waals surface area contributed by atoms with Gasteiger partial charge in [-0.1, -0.05) is 13.8 Å². The predicted molar refractivity (Wildman–Crippen MR) is 78.9 cm³/mol. The van der Waals surface area contributed by atoms with Crippen LogP contribution < -0.4 is 10.6 Å². The van der Waals surface area contributed by atoms with Crippen LogP contribution in [0.15, 0.2) is 18.2 Å². The maximum absolute atomic E-state index is 13.6. The SMILES string of the molecule is CC(C)C1CCN(c2cc(F)cc(CCN)c2)CC1. The van der Waals surface area contributed by atoms with Gasteiger partial charge in [0.15, 0.2) is 0 Å². The predicted octanol–water partition coefficient (Wildman–Crippen LogP) is 3.20. The number of halogens is 1. The molecule has 3 heteroatoms. The molecule has 19 heavy (non-hydrogen) atoms. The molecule has 0 unspecified atom stereocenters. The zero-order valence-electron chi connectivity index (χ0n) is 12.0. The molecule has 1 aliphatic heterocycles. The summed E-state index contributed by atoms with van der Waals surface area (Å²) in [5, 5.41) is 0. The normalized spacial score (nSPS) is 17.2. The van der Waals surface area contributed by atoms with Gasteiger partial charge in [-0.05, 0) is 61.4 Å². The van der Waals surface area contributed by atoms with E-state index in [9.17, 15) is 4.39 Å². The number of piperidine rings is 1.